The van der Waals surface area contributed by atoms with Crippen LogP contribution in [0, 0.1) is 0 Å². The summed E-state index contributed by atoms with van der Waals surface area (Å²) in [6.45, 7) is 0. The topological polar surface area (TPSA) is 60.2 Å². The molecule has 2 aromatic rings. The Hall–Kier alpha value is -1.94. The van der Waals surface area contributed by atoms with Crippen molar-refractivity contribution in [3.63, 3.8) is 0 Å². The van der Waals surface area contributed by atoms with Crippen molar-refractivity contribution in [3.8, 4) is 0 Å². The number of hydrogen-bond acceptors (Lipinski definition) is 4. The van der Waals surface area contributed by atoms with Gasteiger partial charge in [-0.15, -0.1) is 11.6 Å². The van der Waals surface area contributed by atoms with Crippen LogP contribution in [-0.4, -0.2) is 16.6 Å². The fourth-order valence-corrected chi connectivity index (χ4v) is 1.97. The van der Waals surface area contributed by atoms with E-state index in [1.165, 1.54) is 0 Å². The maximum absolute atomic E-state index is 12.1. The fraction of sp³-hybridized carbons (Fsp3) is 0.0833. The van der Waals surface area contributed by atoms with Gasteiger partial charge in [0.05, 0.1) is 5.88 Å². The highest BCUT2D eigenvalue weighted by molar-refractivity contribution is 6.26. The quantitative estimate of drug-likeness (QED) is 0.619. The molecule has 5 heteroatoms. The van der Waals surface area contributed by atoms with Gasteiger partial charge in [0.15, 0.2) is 5.69 Å². The Morgan fingerprint density at radius 3 is 2.41 bits per heavy atom. The molecule has 0 N–H and O–H groups in total. The van der Waals surface area contributed by atoms with Gasteiger partial charge in [-0.2, -0.15) is 0 Å². The molecule has 17 heavy (non-hydrogen) atoms. The molecule has 84 valence electrons. The van der Waals surface area contributed by atoms with Crippen molar-refractivity contribution in [1.82, 2.24) is 4.98 Å². The Kier molecular flexibility index (Phi) is 2.12. The van der Waals surface area contributed by atoms with Gasteiger partial charge in [0.1, 0.15) is 0 Å². The number of carbonyl (C=O) groups is 2. The van der Waals surface area contributed by atoms with Gasteiger partial charge >= 0.3 is 0 Å². The smallest absolute Gasteiger partial charge is 0.231 e. The maximum Gasteiger partial charge on any atom is 0.231 e. The van der Waals surface area contributed by atoms with Gasteiger partial charge in [0.2, 0.25) is 23.2 Å². The third-order valence-electron chi connectivity index (χ3n) is 2.62. The van der Waals surface area contributed by atoms with E-state index >= 15 is 0 Å². The highest BCUT2D eigenvalue weighted by Crippen LogP contribution is 2.27. The number of nitrogens with zero attached hydrogens (tertiary/aromatic N) is 1. The normalized spacial score (nSPS) is 13.5. The average Bonchev–Trinajstić information content (AvgIpc) is 2.80. The number of halogens is 1. The Balaban J connectivity index is 2.27. The van der Waals surface area contributed by atoms with Gasteiger partial charge in [-0.1, -0.05) is 24.3 Å². The summed E-state index contributed by atoms with van der Waals surface area (Å²) in [7, 11) is 0. The molecule has 0 amide bonds. The molecule has 1 aromatic heterocycles. The summed E-state index contributed by atoms with van der Waals surface area (Å²) in [5.41, 5.74) is 0.769. The Morgan fingerprint density at radius 1 is 1.12 bits per heavy atom. The first kappa shape index (κ1) is 10.2. The van der Waals surface area contributed by atoms with E-state index in [-0.39, 0.29) is 34.8 Å². The van der Waals surface area contributed by atoms with Gasteiger partial charge in [-0.05, 0) is 0 Å². The van der Waals surface area contributed by atoms with Crippen molar-refractivity contribution in [2.45, 2.75) is 5.88 Å². The molecular weight excluding hydrogens is 242 g/mol. The Morgan fingerprint density at radius 2 is 1.76 bits per heavy atom. The minimum atomic E-state index is -0.320. The van der Waals surface area contributed by atoms with E-state index in [4.69, 9.17) is 16.0 Å². The Bertz CT molecular complexity index is 592. The van der Waals surface area contributed by atoms with Crippen LogP contribution in [0.3, 0.4) is 0 Å². The second-order valence-corrected chi connectivity index (χ2v) is 3.89. The van der Waals surface area contributed by atoms with Crippen molar-refractivity contribution in [1.29, 1.82) is 0 Å². The van der Waals surface area contributed by atoms with Gasteiger partial charge in [-0.25, -0.2) is 4.98 Å². The molecule has 0 saturated heterocycles. The maximum atomic E-state index is 12.1. The zero-order valence-electron chi connectivity index (χ0n) is 8.57. The number of ketones is 2. The van der Waals surface area contributed by atoms with Gasteiger partial charge in [-0.3, -0.25) is 9.59 Å². The van der Waals surface area contributed by atoms with Gasteiger partial charge in [0, 0.05) is 11.1 Å². The summed E-state index contributed by atoms with van der Waals surface area (Å²) in [5.74, 6) is -0.408. The van der Waals surface area contributed by atoms with Crippen molar-refractivity contribution in [2.24, 2.45) is 0 Å². The van der Waals surface area contributed by atoms with Crippen molar-refractivity contribution in [3.05, 3.63) is 52.7 Å². The molecule has 1 heterocycles. The molecule has 0 aliphatic heterocycles. The van der Waals surface area contributed by atoms with Crippen LogP contribution in [0.5, 0.6) is 0 Å². The third-order valence-corrected chi connectivity index (χ3v) is 2.85. The first-order chi connectivity index (χ1) is 8.22. The molecule has 1 aliphatic rings. The van der Waals surface area contributed by atoms with Crippen molar-refractivity contribution in [2.75, 3.05) is 0 Å². The van der Waals surface area contributed by atoms with Crippen LogP contribution in [0.15, 0.2) is 28.7 Å². The van der Waals surface area contributed by atoms with E-state index in [1.54, 1.807) is 24.3 Å². The standard InChI is InChI=1S/C12H6ClNO3/c13-5-8-14-9-10(15)6-3-1-2-4-7(6)11(16)12(9)17-8/h1-4H,5H2. The number of carbonyl (C=O) groups excluding carboxylic acids is 2. The first-order valence-corrected chi connectivity index (χ1v) is 5.50. The van der Waals surface area contributed by atoms with Crippen molar-refractivity contribution >= 4 is 23.2 Å². The van der Waals surface area contributed by atoms with Crippen LogP contribution in [0.1, 0.15) is 38.1 Å². The minimum absolute atomic E-state index is 0.00986. The van der Waals surface area contributed by atoms with Crippen LogP contribution in [0.4, 0.5) is 0 Å². The van der Waals surface area contributed by atoms with Crippen LogP contribution in [-0.2, 0) is 5.88 Å². The summed E-state index contributed by atoms with van der Waals surface area (Å²) in [6.07, 6.45) is 0. The number of hydrogen-bond donors (Lipinski definition) is 0. The summed E-state index contributed by atoms with van der Waals surface area (Å²) in [5, 5.41) is 0. The lowest BCUT2D eigenvalue weighted by Crippen LogP contribution is -2.19. The molecule has 0 unspecified atom stereocenters. The predicted molar refractivity (Wildman–Crippen MR) is 59.4 cm³/mol. The summed E-state index contributed by atoms with van der Waals surface area (Å²) >= 11 is 5.57. The molecule has 3 rings (SSSR count). The van der Waals surface area contributed by atoms with Crippen molar-refractivity contribution < 1.29 is 14.0 Å². The molecular formula is C12H6ClNO3. The number of oxazole rings is 1. The highest BCUT2D eigenvalue weighted by Gasteiger charge is 2.34. The van der Waals surface area contributed by atoms with E-state index in [2.05, 4.69) is 4.98 Å². The van der Waals surface area contributed by atoms with E-state index in [9.17, 15) is 9.59 Å². The second-order valence-electron chi connectivity index (χ2n) is 3.62. The highest BCUT2D eigenvalue weighted by atomic mass is 35.5. The zero-order chi connectivity index (χ0) is 12.0. The van der Waals surface area contributed by atoms with Crippen LogP contribution < -0.4 is 0 Å². The van der Waals surface area contributed by atoms with Crippen LogP contribution in [0.2, 0.25) is 0 Å². The lowest BCUT2D eigenvalue weighted by Gasteiger charge is -2.10. The summed E-state index contributed by atoms with van der Waals surface area (Å²) in [6, 6.07) is 6.61. The minimum Gasteiger partial charge on any atom is -0.435 e. The molecule has 0 bridgehead atoms. The number of alkyl halides is 1. The number of benzene rings is 1. The molecule has 0 radical (unpaired) electrons. The molecule has 0 fully saturated rings. The monoisotopic (exact) mass is 247 g/mol. The molecule has 4 nitrogen and oxygen atoms in total. The fourth-order valence-electron chi connectivity index (χ4n) is 1.86. The molecule has 0 atom stereocenters. The van der Waals surface area contributed by atoms with E-state index in [0.717, 1.165) is 0 Å². The number of fused-ring (bicyclic) bond motifs is 2. The second kappa shape index (κ2) is 3.53. The lowest BCUT2D eigenvalue weighted by molar-refractivity contribution is 0.0958. The van der Waals surface area contributed by atoms with E-state index in [1.807, 2.05) is 0 Å². The molecule has 0 saturated carbocycles. The zero-order valence-corrected chi connectivity index (χ0v) is 9.32. The van der Waals surface area contributed by atoms with E-state index < -0.39 is 0 Å². The molecule has 1 aliphatic carbocycles. The van der Waals surface area contributed by atoms with Crippen LogP contribution in [0.25, 0.3) is 0 Å². The number of aromatic nitrogens is 1. The first-order valence-electron chi connectivity index (χ1n) is 4.96. The largest absolute Gasteiger partial charge is 0.435 e. The van der Waals surface area contributed by atoms with Crippen LogP contribution >= 0.6 is 11.6 Å². The summed E-state index contributed by atoms with van der Waals surface area (Å²) in [4.78, 5) is 28.0. The van der Waals surface area contributed by atoms with E-state index in [0.29, 0.717) is 11.1 Å². The number of rotatable bonds is 1. The molecule has 1 aromatic carbocycles. The predicted octanol–water partition coefficient (Wildman–Crippen LogP) is 2.19. The lowest BCUT2D eigenvalue weighted by atomic mass is 9.91. The van der Waals surface area contributed by atoms with Gasteiger partial charge < -0.3 is 4.42 Å². The average molecular weight is 248 g/mol. The SMILES string of the molecule is O=C1c2ccccc2C(=O)c2oc(CCl)nc21. The molecule has 0 spiro atoms. The Labute approximate surface area is 101 Å². The summed E-state index contributed by atoms with van der Waals surface area (Å²) < 4.78 is 5.18. The van der Waals surface area contributed by atoms with Gasteiger partial charge in [0.25, 0.3) is 0 Å². The third kappa shape index (κ3) is 1.34.